The van der Waals surface area contributed by atoms with Gasteiger partial charge in [-0.1, -0.05) is 30.3 Å². The first-order valence-corrected chi connectivity index (χ1v) is 8.08. The van der Waals surface area contributed by atoms with Crippen molar-refractivity contribution in [2.24, 2.45) is 0 Å². The molecule has 0 bridgehead atoms. The molecule has 0 aliphatic carbocycles. The quantitative estimate of drug-likeness (QED) is 0.882. The van der Waals surface area contributed by atoms with Gasteiger partial charge in [-0.25, -0.2) is 0 Å². The summed E-state index contributed by atoms with van der Waals surface area (Å²) in [5, 5.41) is 0. The smallest absolute Gasteiger partial charge is 0.235 e. The van der Waals surface area contributed by atoms with Crippen LogP contribution in [0.1, 0.15) is 18.4 Å². The summed E-state index contributed by atoms with van der Waals surface area (Å²) in [6.45, 7) is 2.61. The van der Waals surface area contributed by atoms with E-state index in [0.29, 0.717) is 12.2 Å². The lowest BCUT2D eigenvalue weighted by Crippen LogP contribution is -2.35. The van der Waals surface area contributed by atoms with Crippen molar-refractivity contribution in [3.8, 4) is 0 Å². The minimum Gasteiger partial charge on any atom is -0.397 e. The molecule has 0 aromatic heterocycles. The minimum absolute atomic E-state index is 0.0780. The molecule has 108 valence electrons. The fraction of sp³-hybridized carbons (Fsp3) is 0.235. The highest BCUT2D eigenvalue weighted by Gasteiger charge is 2.32. The number of fused-ring (bicyclic) bond motifs is 1. The summed E-state index contributed by atoms with van der Waals surface area (Å²) in [4.78, 5) is 16.0. The van der Waals surface area contributed by atoms with Crippen molar-refractivity contribution in [2.75, 3.05) is 22.9 Å². The highest BCUT2D eigenvalue weighted by atomic mass is 32.2. The van der Waals surface area contributed by atoms with Crippen molar-refractivity contribution in [3.63, 3.8) is 0 Å². The summed E-state index contributed by atoms with van der Waals surface area (Å²) in [5.74, 6) is 0.861. The van der Waals surface area contributed by atoms with Gasteiger partial charge in [0.2, 0.25) is 5.91 Å². The van der Waals surface area contributed by atoms with Gasteiger partial charge in [0, 0.05) is 17.2 Å². The molecular formula is C17H18N2OS. The Morgan fingerprint density at radius 1 is 1.24 bits per heavy atom. The molecule has 0 saturated heterocycles. The average Bonchev–Trinajstić information content (AvgIpc) is 2.93. The maximum absolute atomic E-state index is 12.9. The summed E-state index contributed by atoms with van der Waals surface area (Å²) < 4.78 is 0. The Hall–Kier alpha value is -1.94. The van der Waals surface area contributed by atoms with Crippen LogP contribution in [0.2, 0.25) is 0 Å². The highest BCUT2D eigenvalue weighted by Crippen LogP contribution is 2.41. The lowest BCUT2D eigenvalue weighted by Gasteiger charge is -2.25. The molecule has 1 aliphatic heterocycles. The number of thioether (sulfide) groups is 1. The van der Waals surface area contributed by atoms with Crippen LogP contribution in [0.5, 0.6) is 0 Å². The first-order valence-electron chi connectivity index (χ1n) is 7.10. The molecule has 21 heavy (non-hydrogen) atoms. The topological polar surface area (TPSA) is 46.3 Å². The molecular weight excluding hydrogens is 280 g/mol. The number of likely N-dealkylation sites (N-methyl/N-ethyl adjacent to an activating group) is 1. The number of nitrogens with zero attached hydrogens (tertiary/aromatic N) is 1. The van der Waals surface area contributed by atoms with Gasteiger partial charge in [0.1, 0.15) is 0 Å². The zero-order chi connectivity index (χ0) is 14.8. The number of rotatable bonds is 3. The normalized spacial score (nSPS) is 16.5. The van der Waals surface area contributed by atoms with E-state index in [9.17, 15) is 4.79 Å². The first-order chi connectivity index (χ1) is 10.2. The van der Waals surface area contributed by atoms with Crippen molar-refractivity contribution < 1.29 is 4.79 Å². The Kier molecular flexibility index (Phi) is 3.88. The zero-order valence-electron chi connectivity index (χ0n) is 12.0. The van der Waals surface area contributed by atoms with Gasteiger partial charge in [0.15, 0.2) is 0 Å². The van der Waals surface area contributed by atoms with Crippen LogP contribution in [-0.4, -0.2) is 18.2 Å². The minimum atomic E-state index is -0.0780. The lowest BCUT2D eigenvalue weighted by molar-refractivity contribution is -0.119. The number of carbonyl (C=O) groups is 1. The van der Waals surface area contributed by atoms with E-state index in [0.717, 1.165) is 17.0 Å². The molecule has 2 N–H and O–H groups in total. The molecule has 2 aromatic carbocycles. The summed E-state index contributed by atoms with van der Waals surface area (Å²) in [7, 11) is 0. The lowest BCUT2D eigenvalue weighted by atomic mass is 9.99. The van der Waals surface area contributed by atoms with E-state index in [4.69, 9.17) is 5.73 Å². The molecule has 2 aromatic rings. The van der Waals surface area contributed by atoms with Gasteiger partial charge in [-0.3, -0.25) is 4.79 Å². The standard InChI is InChI=1S/C17H18N2OS/c1-2-19(15-9-5-4-8-14(15)18)17(20)13-11-21-16-10-6-3-7-12(13)16/h3-10,13H,2,11,18H2,1H3. The van der Waals surface area contributed by atoms with E-state index < -0.39 is 0 Å². The second-order valence-electron chi connectivity index (χ2n) is 5.04. The van der Waals surface area contributed by atoms with Gasteiger partial charge in [-0.15, -0.1) is 11.8 Å². The third-order valence-electron chi connectivity index (χ3n) is 3.81. The van der Waals surface area contributed by atoms with Crippen molar-refractivity contribution in [1.82, 2.24) is 0 Å². The van der Waals surface area contributed by atoms with Gasteiger partial charge in [-0.05, 0) is 30.7 Å². The Labute approximate surface area is 129 Å². The number of para-hydroxylation sites is 2. The molecule has 1 atom stereocenters. The van der Waals surface area contributed by atoms with Crippen LogP contribution in [0.3, 0.4) is 0 Å². The average molecular weight is 298 g/mol. The van der Waals surface area contributed by atoms with Crippen LogP contribution in [0.15, 0.2) is 53.4 Å². The maximum Gasteiger partial charge on any atom is 0.235 e. The second-order valence-corrected chi connectivity index (χ2v) is 6.10. The van der Waals surface area contributed by atoms with Crippen LogP contribution in [0.4, 0.5) is 11.4 Å². The number of hydrogen-bond acceptors (Lipinski definition) is 3. The largest absolute Gasteiger partial charge is 0.397 e. The van der Waals surface area contributed by atoms with Crippen LogP contribution >= 0.6 is 11.8 Å². The predicted octanol–water partition coefficient (Wildman–Crippen LogP) is 3.51. The molecule has 0 spiro atoms. The van der Waals surface area contributed by atoms with Gasteiger partial charge in [0.25, 0.3) is 0 Å². The Balaban J connectivity index is 1.93. The van der Waals surface area contributed by atoms with E-state index in [-0.39, 0.29) is 11.8 Å². The molecule has 3 nitrogen and oxygen atoms in total. The van der Waals surface area contributed by atoms with Crippen molar-refractivity contribution in [1.29, 1.82) is 0 Å². The third kappa shape index (κ3) is 2.51. The van der Waals surface area contributed by atoms with Gasteiger partial charge >= 0.3 is 0 Å². The maximum atomic E-state index is 12.9. The van der Waals surface area contributed by atoms with E-state index in [1.807, 2.05) is 43.3 Å². The first kappa shape index (κ1) is 14.0. The predicted molar refractivity (Wildman–Crippen MR) is 88.8 cm³/mol. The van der Waals surface area contributed by atoms with Gasteiger partial charge < -0.3 is 10.6 Å². The number of hydrogen-bond donors (Lipinski definition) is 1. The molecule has 1 heterocycles. The molecule has 0 fully saturated rings. The van der Waals surface area contributed by atoms with Gasteiger partial charge in [-0.2, -0.15) is 0 Å². The number of anilines is 2. The zero-order valence-corrected chi connectivity index (χ0v) is 12.8. The SMILES string of the molecule is CCN(C(=O)C1CSc2ccccc21)c1ccccc1N. The number of amides is 1. The summed E-state index contributed by atoms with van der Waals surface area (Å²) in [6, 6.07) is 15.7. The molecule has 1 unspecified atom stereocenters. The van der Waals surface area contributed by atoms with Crippen molar-refractivity contribution >= 4 is 29.0 Å². The summed E-state index contributed by atoms with van der Waals surface area (Å²) in [6.07, 6.45) is 0. The molecule has 3 rings (SSSR count). The Bertz CT molecular complexity index is 671. The van der Waals surface area contributed by atoms with E-state index in [2.05, 4.69) is 12.1 Å². The number of benzene rings is 2. The van der Waals surface area contributed by atoms with Crippen LogP contribution in [0, 0.1) is 0 Å². The molecule has 1 aliphatic rings. The van der Waals surface area contributed by atoms with Crippen molar-refractivity contribution in [2.45, 2.75) is 17.7 Å². The van der Waals surface area contributed by atoms with E-state index in [1.165, 1.54) is 4.90 Å². The fourth-order valence-corrected chi connectivity index (χ4v) is 3.95. The number of carbonyl (C=O) groups excluding carboxylic acids is 1. The third-order valence-corrected chi connectivity index (χ3v) is 4.99. The van der Waals surface area contributed by atoms with E-state index >= 15 is 0 Å². The number of nitrogens with two attached hydrogens (primary N) is 1. The Morgan fingerprint density at radius 2 is 1.95 bits per heavy atom. The number of nitrogen functional groups attached to an aromatic ring is 1. The monoisotopic (exact) mass is 298 g/mol. The van der Waals surface area contributed by atoms with Crippen molar-refractivity contribution in [3.05, 3.63) is 54.1 Å². The fourth-order valence-electron chi connectivity index (χ4n) is 2.73. The molecule has 4 heteroatoms. The van der Waals surface area contributed by atoms with E-state index in [1.54, 1.807) is 16.7 Å². The molecule has 0 saturated carbocycles. The van der Waals surface area contributed by atoms with Gasteiger partial charge in [0.05, 0.1) is 17.3 Å². The second kappa shape index (κ2) is 5.82. The molecule has 0 radical (unpaired) electrons. The summed E-state index contributed by atoms with van der Waals surface area (Å²) >= 11 is 1.75. The molecule has 1 amide bonds. The van der Waals surface area contributed by atoms with Crippen LogP contribution in [-0.2, 0) is 4.79 Å². The Morgan fingerprint density at radius 3 is 2.71 bits per heavy atom. The van der Waals surface area contributed by atoms with Crippen LogP contribution < -0.4 is 10.6 Å². The summed E-state index contributed by atoms with van der Waals surface area (Å²) in [5.41, 5.74) is 8.62. The van der Waals surface area contributed by atoms with Crippen LogP contribution in [0.25, 0.3) is 0 Å². The highest BCUT2D eigenvalue weighted by molar-refractivity contribution is 7.99.